The van der Waals surface area contributed by atoms with E-state index in [1.807, 2.05) is 6.07 Å². The summed E-state index contributed by atoms with van der Waals surface area (Å²) in [7, 11) is 0. The van der Waals surface area contributed by atoms with Crippen LogP contribution in [-0.2, 0) is 0 Å². The summed E-state index contributed by atoms with van der Waals surface area (Å²) in [5, 5.41) is 8.92. The van der Waals surface area contributed by atoms with Crippen LogP contribution in [0.3, 0.4) is 0 Å². The second-order valence-electron chi connectivity index (χ2n) is 2.36. The second kappa shape index (κ2) is 2.31. The molecule has 2 aromatic heterocycles. The Morgan fingerprint density at radius 2 is 2.33 bits per heavy atom. The molecule has 0 saturated carbocycles. The lowest BCUT2D eigenvalue weighted by molar-refractivity contribution is 0.639. The van der Waals surface area contributed by atoms with E-state index in [1.165, 1.54) is 18.6 Å². The third kappa shape index (κ3) is 0.768. The predicted octanol–water partition coefficient (Wildman–Crippen LogP) is 1.57. The highest BCUT2D eigenvalue weighted by molar-refractivity contribution is 5.84. The third-order valence-corrected chi connectivity index (χ3v) is 1.66. The van der Waals surface area contributed by atoms with Crippen LogP contribution in [0, 0.1) is 17.1 Å². The topological polar surface area (TPSA) is 52.5 Å². The molecule has 0 amide bonds. The van der Waals surface area contributed by atoms with E-state index in [0.29, 0.717) is 10.9 Å². The zero-order chi connectivity index (χ0) is 8.55. The molecule has 0 fully saturated rings. The summed E-state index contributed by atoms with van der Waals surface area (Å²) in [5.41, 5.74) is 0.804. The molecule has 0 spiro atoms. The number of hydrogen-bond acceptors (Lipinski definition) is 2. The van der Waals surface area contributed by atoms with Gasteiger partial charge in [0.2, 0.25) is 0 Å². The first-order valence-electron chi connectivity index (χ1n) is 3.33. The number of rotatable bonds is 0. The number of aromatic amines is 1. The Morgan fingerprint density at radius 1 is 1.50 bits per heavy atom. The van der Waals surface area contributed by atoms with Crippen LogP contribution in [0.25, 0.3) is 10.9 Å². The molecule has 0 aliphatic carbocycles. The summed E-state index contributed by atoms with van der Waals surface area (Å²) in [5.74, 6) is -0.413. The summed E-state index contributed by atoms with van der Waals surface area (Å²) in [4.78, 5) is 6.45. The van der Waals surface area contributed by atoms with Gasteiger partial charge in [-0.1, -0.05) is 0 Å². The van der Waals surface area contributed by atoms with Gasteiger partial charge in [-0.2, -0.15) is 5.26 Å². The molecule has 0 atom stereocenters. The maximum Gasteiger partial charge on any atom is 0.149 e. The lowest BCUT2D eigenvalue weighted by atomic mass is 10.2. The Balaban J connectivity index is 2.96. The molecule has 12 heavy (non-hydrogen) atoms. The first-order chi connectivity index (χ1) is 5.83. The number of H-pyrrole nitrogens is 1. The Kier molecular flexibility index (Phi) is 1.31. The van der Waals surface area contributed by atoms with Crippen LogP contribution in [-0.4, -0.2) is 9.97 Å². The summed E-state index contributed by atoms with van der Waals surface area (Å²) < 4.78 is 13.0. The number of aromatic nitrogens is 2. The van der Waals surface area contributed by atoms with Crippen molar-refractivity contribution < 1.29 is 4.39 Å². The number of halogens is 1. The van der Waals surface area contributed by atoms with Gasteiger partial charge in [0.25, 0.3) is 0 Å². The number of fused-ring (bicyclic) bond motifs is 1. The van der Waals surface area contributed by atoms with Crippen molar-refractivity contribution >= 4 is 10.9 Å². The largest absolute Gasteiger partial charge is 0.357 e. The van der Waals surface area contributed by atoms with Crippen molar-refractivity contribution in [3.63, 3.8) is 0 Å². The maximum absolute atomic E-state index is 13.0. The van der Waals surface area contributed by atoms with Crippen LogP contribution in [0.5, 0.6) is 0 Å². The van der Waals surface area contributed by atoms with Gasteiger partial charge < -0.3 is 4.98 Å². The molecular weight excluding hydrogens is 157 g/mol. The minimum atomic E-state index is -0.413. The van der Waals surface area contributed by atoms with Crippen molar-refractivity contribution in [1.82, 2.24) is 9.97 Å². The smallest absolute Gasteiger partial charge is 0.149 e. The number of nitriles is 1. The van der Waals surface area contributed by atoms with E-state index in [2.05, 4.69) is 9.97 Å². The van der Waals surface area contributed by atoms with E-state index in [9.17, 15) is 4.39 Å². The van der Waals surface area contributed by atoms with Gasteiger partial charge in [-0.3, -0.25) is 4.98 Å². The van der Waals surface area contributed by atoms with Gasteiger partial charge >= 0.3 is 0 Å². The van der Waals surface area contributed by atoms with Crippen LogP contribution in [0.4, 0.5) is 4.39 Å². The third-order valence-electron chi connectivity index (χ3n) is 1.66. The van der Waals surface area contributed by atoms with Gasteiger partial charge in [-0.15, -0.1) is 0 Å². The molecule has 2 rings (SSSR count). The van der Waals surface area contributed by atoms with Gasteiger partial charge in [0.15, 0.2) is 0 Å². The van der Waals surface area contributed by atoms with Crippen LogP contribution < -0.4 is 0 Å². The van der Waals surface area contributed by atoms with Crippen molar-refractivity contribution in [2.75, 3.05) is 0 Å². The number of nitrogens with zero attached hydrogens (tertiary/aromatic N) is 2. The second-order valence-corrected chi connectivity index (χ2v) is 2.36. The molecule has 0 aliphatic heterocycles. The van der Waals surface area contributed by atoms with Crippen LogP contribution >= 0.6 is 0 Å². The molecule has 4 heteroatoms. The fourth-order valence-electron chi connectivity index (χ4n) is 1.13. The lowest BCUT2D eigenvalue weighted by Crippen LogP contribution is -1.80. The van der Waals surface area contributed by atoms with E-state index in [4.69, 9.17) is 5.26 Å². The lowest BCUT2D eigenvalue weighted by Gasteiger charge is -1.90. The Hall–Kier alpha value is -1.89. The molecule has 2 aromatic rings. The van der Waals surface area contributed by atoms with Crippen molar-refractivity contribution in [3.8, 4) is 6.07 Å². The first kappa shape index (κ1) is 6.80. The van der Waals surface area contributed by atoms with Gasteiger partial charge in [-0.05, 0) is 0 Å². The average molecular weight is 161 g/mol. The first-order valence-corrected chi connectivity index (χ1v) is 3.33. The van der Waals surface area contributed by atoms with Gasteiger partial charge in [0.05, 0.1) is 22.7 Å². The zero-order valence-electron chi connectivity index (χ0n) is 6.00. The molecule has 58 valence electrons. The van der Waals surface area contributed by atoms with Crippen molar-refractivity contribution in [2.24, 2.45) is 0 Å². The van der Waals surface area contributed by atoms with Gasteiger partial charge in [0.1, 0.15) is 11.9 Å². The molecule has 1 N–H and O–H groups in total. The van der Waals surface area contributed by atoms with E-state index in [0.717, 1.165) is 0 Å². The van der Waals surface area contributed by atoms with E-state index >= 15 is 0 Å². The molecule has 0 unspecified atom stereocenters. The molecule has 2 heterocycles. The minimum absolute atomic E-state index is 0.256. The molecule has 0 aromatic carbocycles. The van der Waals surface area contributed by atoms with Crippen molar-refractivity contribution in [1.29, 1.82) is 5.26 Å². The molecule has 0 radical (unpaired) electrons. The Labute approximate surface area is 67.5 Å². The summed E-state index contributed by atoms with van der Waals surface area (Å²) >= 11 is 0. The minimum Gasteiger partial charge on any atom is -0.357 e. The monoisotopic (exact) mass is 161 g/mol. The maximum atomic E-state index is 13.0. The Bertz CT molecular complexity index is 467. The quantitative estimate of drug-likeness (QED) is 0.637. The molecule has 0 saturated heterocycles. The highest BCUT2D eigenvalue weighted by Crippen LogP contribution is 2.18. The normalized spacial score (nSPS) is 10.0. The fourth-order valence-corrected chi connectivity index (χ4v) is 1.13. The van der Waals surface area contributed by atoms with Gasteiger partial charge in [0, 0.05) is 12.4 Å². The average Bonchev–Trinajstić information content (AvgIpc) is 2.48. The van der Waals surface area contributed by atoms with Gasteiger partial charge in [-0.25, -0.2) is 4.39 Å². The standard InChI is InChI=1S/C8H4FN3/c9-6-3-12-7-4-11-2-5(1-10)8(6)7/h2-4,12H. The summed E-state index contributed by atoms with van der Waals surface area (Å²) in [6.45, 7) is 0. The highest BCUT2D eigenvalue weighted by atomic mass is 19.1. The zero-order valence-corrected chi connectivity index (χ0v) is 6.00. The highest BCUT2D eigenvalue weighted by Gasteiger charge is 2.07. The van der Waals surface area contributed by atoms with Crippen LogP contribution in [0.15, 0.2) is 18.6 Å². The Morgan fingerprint density at radius 3 is 3.08 bits per heavy atom. The van der Waals surface area contributed by atoms with Crippen LogP contribution in [0.1, 0.15) is 5.56 Å². The SMILES string of the molecule is N#Cc1cncc2[nH]cc(F)c12. The summed E-state index contributed by atoms with van der Waals surface area (Å²) in [6.07, 6.45) is 4.05. The molecule has 0 bridgehead atoms. The van der Waals surface area contributed by atoms with Crippen molar-refractivity contribution in [2.45, 2.75) is 0 Å². The fraction of sp³-hybridized carbons (Fsp3) is 0. The number of nitrogens with one attached hydrogen (secondary N) is 1. The molecule has 3 nitrogen and oxygen atoms in total. The van der Waals surface area contributed by atoms with E-state index in [1.54, 1.807) is 0 Å². The van der Waals surface area contributed by atoms with E-state index < -0.39 is 5.82 Å². The van der Waals surface area contributed by atoms with E-state index in [-0.39, 0.29) is 5.56 Å². The van der Waals surface area contributed by atoms with Crippen molar-refractivity contribution in [3.05, 3.63) is 30.0 Å². The van der Waals surface area contributed by atoms with Crippen LogP contribution in [0.2, 0.25) is 0 Å². The number of hydrogen-bond donors (Lipinski definition) is 1. The number of pyridine rings is 1. The summed E-state index contributed by atoms with van der Waals surface area (Å²) in [6, 6.07) is 1.87. The molecule has 0 aliphatic rings. The molecular formula is C8H4FN3. The predicted molar refractivity (Wildman–Crippen MR) is 40.8 cm³/mol.